The van der Waals surface area contributed by atoms with Gasteiger partial charge in [0.2, 0.25) is 0 Å². The minimum Gasteiger partial charge on any atom is -0.507 e. The fourth-order valence-corrected chi connectivity index (χ4v) is 2.38. The summed E-state index contributed by atoms with van der Waals surface area (Å²) < 4.78 is 1.61. The summed E-state index contributed by atoms with van der Waals surface area (Å²) >= 11 is 5.97. The van der Waals surface area contributed by atoms with Gasteiger partial charge in [-0.15, -0.1) is 0 Å². The lowest BCUT2D eigenvalue weighted by molar-refractivity contribution is 0.0948. The zero-order valence-electron chi connectivity index (χ0n) is 12.2. The number of aromatic hydroxyl groups is 1. The highest BCUT2D eigenvalue weighted by Gasteiger charge is 2.16. The number of hydrogen-bond acceptors (Lipinski definition) is 4. The SMILES string of the molecule is Cc1nc2ccc(Cl)cn2c1C(=O)N/N=C\c1ccccc1O. The molecule has 0 radical (unpaired) electrons. The first-order valence-corrected chi connectivity index (χ1v) is 7.19. The number of para-hydroxylation sites is 1. The summed E-state index contributed by atoms with van der Waals surface area (Å²) in [6.45, 7) is 1.74. The molecular weight excluding hydrogens is 316 g/mol. The van der Waals surface area contributed by atoms with Crippen LogP contribution in [0, 0.1) is 6.92 Å². The zero-order chi connectivity index (χ0) is 16.4. The van der Waals surface area contributed by atoms with Crippen molar-refractivity contribution in [1.29, 1.82) is 0 Å². The number of carbonyl (C=O) groups is 1. The van der Waals surface area contributed by atoms with Crippen LogP contribution in [0.3, 0.4) is 0 Å². The second-order valence-corrected chi connectivity index (χ2v) is 5.32. The summed E-state index contributed by atoms with van der Waals surface area (Å²) in [7, 11) is 0. The molecule has 0 atom stereocenters. The fraction of sp³-hybridized carbons (Fsp3) is 0.0625. The highest BCUT2D eigenvalue weighted by molar-refractivity contribution is 6.30. The molecule has 7 heteroatoms. The van der Waals surface area contributed by atoms with Gasteiger partial charge < -0.3 is 5.11 Å². The fourth-order valence-electron chi connectivity index (χ4n) is 2.22. The van der Waals surface area contributed by atoms with Crippen LogP contribution in [0.1, 0.15) is 21.7 Å². The summed E-state index contributed by atoms with van der Waals surface area (Å²) in [4.78, 5) is 16.6. The van der Waals surface area contributed by atoms with E-state index in [4.69, 9.17) is 11.6 Å². The van der Waals surface area contributed by atoms with Crippen molar-refractivity contribution >= 4 is 29.4 Å². The number of nitrogens with zero attached hydrogens (tertiary/aromatic N) is 3. The normalized spacial score (nSPS) is 11.2. The molecule has 0 aliphatic heterocycles. The van der Waals surface area contributed by atoms with Crippen molar-refractivity contribution in [3.8, 4) is 5.75 Å². The molecule has 1 aromatic carbocycles. The number of hydrazone groups is 1. The third-order valence-electron chi connectivity index (χ3n) is 3.28. The quantitative estimate of drug-likeness (QED) is 0.573. The number of benzene rings is 1. The summed E-state index contributed by atoms with van der Waals surface area (Å²) in [6, 6.07) is 10.1. The van der Waals surface area contributed by atoms with E-state index in [9.17, 15) is 9.90 Å². The first-order chi connectivity index (χ1) is 11.1. The highest BCUT2D eigenvalue weighted by Crippen LogP contribution is 2.16. The van der Waals surface area contributed by atoms with Gasteiger partial charge in [0.25, 0.3) is 5.91 Å². The van der Waals surface area contributed by atoms with Crippen LogP contribution in [-0.4, -0.2) is 26.6 Å². The third kappa shape index (κ3) is 3.02. The summed E-state index contributed by atoms with van der Waals surface area (Å²) in [5.74, 6) is -0.327. The molecule has 2 aromatic heterocycles. The molecule has 0 aliphatic carbocycles. The van der Waals surface area contributed by atoms with E-state index in [0.717, 1.165) is 0 Å². The van der Waals surface area contributed by atoms with Crippen molar-refractivity contribution in [2.75, 3.05) is 0 Å². The predicted octanol–water partition coefficient (Wildman–Crippen LogP) is 2.77. The minimum absolute atomic E-state index is 0.0864. The first-order valence-electron chi connectivity index (χ1n) is 6.82. The van der Waals surface area contributed by atoms with E-state index in [0.29, 0.717) is 27.6 Å². The Balaban J connectivity index is 1.85. The van der Waals surface area contributed by atoms with Gasteiger partial charge in [0.1, 0.15) is 17.1 Å². The molecule has 116 valence electrons. The molecule has 0 fully saturated rings. The molecule has 0 saturated carbocycles. The molecule has 3 rings (SSSR count). The number of aryl methyl sites for hydroxylation is 1. The molecule has 2 N–H and O–H groups in total. The van der Waals surface area contributed by atoms with Crippen LogP contribution in [0.25, 0.3) is 5.65 Å². The number of aromatic nitrogens is 2. The van der Waals surface area contributed by atoms with Crippen molar-refractivity contribution in [2.45, 2.75) is 6.92 Å². The molecule has 6 nitrogen and oxygen atoms in total. The van der Waals surface area contributed by atoms with Crippen molar-refractivity contribution in [2.24, 2.45) is 5.10 Å². The molecule has 23 heavy (non-hydrogen) atoms. The number of imidazole rings is 1. The number of phenolic OH excluding ortho intramolecular Hbond substituents is 1. The molecule has 3 aromatic rings. The zero-order valence-corrected chi connectivity index (χ0v) is 12.9. The number of phenols is 1. The number of halogens is 1. The van der Waals surface area contributed by atoms with Gasteiger partial charge >= 0.3 is 0 Å². The summed E-state index contributed by atoms with van der Waals surface area (Å²) in [5.41, 5.74) is 4.49. The lowest BCUT2D eigenvalue weighted by Gasteiger charge is -2.02. The van der Waals surface area contributed by atoms with Crippen molar-refractivity contribution in [3.63, 3.8) is 0 Å². The Hall–Kier alpha value is -2.86. The molecule has 0 unspecified atom stereocenters. The third-order valence-corrected chi connectivity index (χ3v) is 3.50. The van der Waals surface area contributed by atoms with E-state index in [1.807, 2.05) is 0 Å². The number of pyridine rings is 1. The average molecular weight is 329 g/mol. The molecule has 0 spiro atoms. The van der Waals surface area contributed by atoms with Gasteiger partial charge in [-0.05, 0) is 31.2 Å². The first kappa shape index (κ1) is 15.1. The van der Waals surface area contributed by atoms with Crippen LogP contribution in [-0.2, 0) is 0 Å². The van der Waals surface area contributed by atoms with Crippen molar-refractivity contribution in [3.05, 3.63) is 64.6 Å². The Morgan fingerprint density at radius 1 is 1.35 bits per heavy atom. The van der Waals surface area contributed by atoms with Crippen LogP contribution in [0.5, 0.6) is 5.75 Å². The van der Waals surface area contributed by atoms with Gasteiger partial charge in [0, 0.05) is 11.8 Å². The smallest absolute Gasteiger partial charge is 0.290 e. The van der Waals surface area contributed by atoms with Gasteiger partial charge in [-0.1, -0.05) is 23.7 Å². The van der Waals surface area contributed by atoms with E-state index in [2.05, 4.69) is 15.5 Å². The van der Waals surface area contributed by atoms with Crippen molar-refractivity contribution in [1.82, 2.24) is 14.8 Å². The number of carbonyl (C=O) groups excluding carboxylic acids is 1. The molecule has 0 aliphatic rings. The number of hydrogen-bond donors (Lipinski definition) is 2. The molecular formula is C16H13ClN4O2. The number of fused-ring (bicyclic) bond motifs is 1. The van der Waals surface area contributed by atoms with Gasteiger partial charge in [-0.25, -0.2) is 10.4 Å². The maximum absolute atomic E-state index is 12.3. The van der Waals surface area contributed by atoms with E-state index in [1.54, 1.807) is 53.9 Å². The standard InChI is InChI=1S/C16H13ClN4O2/c1-10-15(21-9-12(17)6-7-14(21)19-10)16(23)20-18-8-11-4-2-3-5-13(11)22/h2-9,22H,1H3,(H,20,23)/b18-8-. The van der Waals surface area contributed by atoms with Gasteiger partial charge in [-0.2, -0.15) is 5.10 Å². The van der Waals surface area contributed by atoms with Crippen LogP contribution in [0.15, 0.2) is 47.7 Å². The predicted molar refractivity (Wildman–Crippen MR) is 88.1 cm³/mol. The van der Waals surface area contributed by atoms with Crippen LogP contribution in [0.2, 0.25) is 5.02 Å². The van der Waals surface area contributed by atoms with Gasteiger partial charge in [0.05, 0.1) is 16.9 Å². The summed E-state index contributed by atoms with van der Waals surface area (Å²) in [5, 5.41) is 14.0. The number of nitrogens with one attached hydrogen (secondary N) is 1. The Labute approximate surface area is 137 Å². The average Bonchev–Trinajstić information content (AvgIpc) is 2.84. The molecule has 0 saturated heterocycles. The second kappa shape index (κ2) is 6.10. The molecule has 0 bridgehead atoms. The number of amides is 1. The van der Waals surface area contributed by atoms with E-state index in [1.165, 1.54) is 6.21 Å². The highest BCUT2D eigenvalue weighted by atomic mass is 35.5. The maximum atomic E-state index is 12.3. The lowest BCUT2D eigenvalue weighted by Crippen LogP contribution is -2.20. The van der Waals surface area contributed by atoms with E-state index in [-0.39, 0.29) is 5.75 Å². The Morgan fingerprint density at radius 3 is 2.91 bits per heavy atom. The van der Waals surface area contributed by atoms with Gasteiger partial charge in [0.15, 0.2) is 0 Å². The Morgan fingerprint density at radius 2 is 2.13 bits per heavy atom. The van der Waals surface area contributed by atoms with Crippen LogP contribution in [0.4, 0.5) is 0 Å². The molecule has 1 amide bonds. The van der Waals surface area contributed by atoms with Crippen LogP contribution < -0.4 is 5.43 Å². The topological polar surface area (TPSA) is 79.0 Å². The van der Waals surface area contributed by atoms with Crippen LogP contribution >= 0.6 is 11.6 Å². The van der Waals surface area contributed by atoms with E-state index >= 15 is 0 Å². The minimum atomic E-state index is -0.413. The van der Waals surface area contributed by atoms with Crippen molar-refractivity contribution < 1.29 is 9.90 Å². The largest absolute Gasteiger partial charge is 0.507 e. The Kier molecular flexibility index (Phi) is 3.99. The maximum Gasteiger partial charge on any atom is 0.290 e. The summed E-state index contributed by atoms with van der Waals surface area (Å²) in [6.07, 6.45) is 3.00. The number of rotatable bonds is 3. The lowest BCUT2D eigenvalue weighted by atomic mass is 10.2. The monoisotopic (exact) mass is 328 g/mol. The van der Waals surface area contributed by atoms with Gasteiger partial charge in [-0.3, -0.25) is 9.20 Å². The second-order valence-electron chi connectivity index (χ2n) is 4.88. The Bertz CT molecular complexity index is 918. The van der Waals surface area contributed by atoms with E-state index < -0.39 is 5.91 Å². The molecule has 2 heterocycles.